The Labute approximate surface area is 80.1 Å². The van der Waals surface area contributed by atoms with Gasteiger partial charge in [0.25, 0.3) is 5.75 Å². The number of rotatable bonds is 2. The fourth-order valence-electron chi connectivity index (χ4n) is 1.23. The summed E-state index contributed by atoms with van der Waals surface area (Å²) in [5, 5.41) is 1.06. The number of fused-ring (bicyclic) bond motifs is 1. The van der Waals surface area contributed by atoms with E-state index in [0.717, 1.165) is 16.5 Å². The van der Waals surface area contributed by atoms with E-state index in [9.17, 15) is 4.21 Å². The summed E-state index contributed by atoms with van der Waals surface area (Å²) < 4.78 is 10.3. The lowest BCUT2D eigenvalue weighted by molar-refractivity contribution is 0.604. The maximum atomic E-state index is 10.3. The van der Waals surface area contributed by atoms with Crippen molar-refractivity contribution in [1.29, 1.82) is 0 Å². The highest BCUT2D eigenvalue weighted by atomic mass is 32.1. The molecule has 0 saturated carbocycles. The van der Waals surface area contributed by atoms with Gasteiger partial charge in [0, 0.05) is 15.2 Å². The number of nitrogens with zero attached hydrogens (tertiary/aromatic N) is 1. The molecule has 0 N–H and O–H groups in total. The number of pyridine rings is 1. The van der Waals surface area contributed by atoms with Crippen LogP contribution in [0.5, 0.6) is 0 Å². The zero-order chi connectivity index (χ0) is 9.10. The molecule has 0 fully saturated rings. The predicted molar refractivity (Wildman–Crippen MR) is 52.3 cm³/mol. The van der Waals surface area contributed by atoms with E-state index in [1.54, 1.807) is 6.07 Å². The molecule has 1 radical (unpaired) electrons. The lowest BCUT2D eigenvalue weighted by Crippen LogP contribution is -1.83. The Morgan fingerprint density at radius 2 is 2.31 bits per heavy atom. The third kappa shape index (κ3) is 1.70. The van der Waals surface area contributed by atoms with Gasteiger partial charge in [0.1, 0.15) is 0 Å². The molecule has 0 unspecified atom stereocenters. The molecule has 0 aliphatic carbocycles. The highest BCUT2D eigenvalue weighted by molar-refractivity contribution is 7.64. The maximum Gasteiger partial charge on any atom is 0.463 e. The van der Waals surface area contributed by atoms with Gasteiger partial charge in [0.2, 0.25) is 0 Å². The summed E-state index contributed by atoms with van der Waals surface area (Å²) in [6.45, 7) is 0. The molecule has 1 aromatic heterocycles. The lowest BCUT2D eigenvalue weighted by atomic mass is 10.1. The van der Waals surface area contributed by atoms with Crippen molar-refractivity contribution in [2.45, 2.75) is 5.75 Å². The molecular weight excluding hydrogens is 182 g/mol. The third-order valence-corrected chi connectivity index (χ3v) is 2.29. The summed E-state index contributed by atoms with van der Waals surface area (Å²) in [6, 6.07) is 9.55. The molecule has 1 aromatic carbocycles. The summed E-state index contributed by atoms with van der Waals surface area (Å²) in [7, 11) is 0. The molecule has 0 aliphatic rings. The predicted octanol–water partition coefficient (Wildman–Crippen LogP) is 1.96. The topological polar surface area (TPSA) is 30.0 Å². The van der Waals surface area contributed by atoms with E-state index >= 15 is 0 Å². The maximum absolute atomic E-state index is 10.3. The van der Waals surface area contributed by atoms with Crippen LogP contribution in [0.15, 0.2) is 30.3 Å². The van der Waals surface area contributed by atoms with Crippen LogP contribution < -0.4 is 0 Å². The molecule has 2 aromatic rings. The second-order valence-corrected chi connectivity index (χ2v) is 3.25. The zero-order valence-electron chi connectivity index (χ0n) is 6.86. The molecule has 0 atom stereocenters. The minimum Gasteiger partial charge on any atom is -0.246 e. The van der Waals surface area contributed by atoms with E-state index in [2.05, 4.69) is 11.2 Å². The van der Waals surface area contributed by atoms with Crippen LogP contribution >= 0.6 is 0 Å². The smallest absolute Gasteiger partial charge is 0.246 e. The lowest BCUT2D eigenvalue weighted by Gasteiger charge is -1.95. The van der Waals surface area contributed by atoms with Crippen LogP contribution in [0.25, 0.3) is 10.9 Å². The van der Waals surface area contributed by atoms with Crippen LogP contribution in [0.1, 0.15) is 5.56 Å². The largest absolute Gasteiger partial charge is 0.463 e. The second-order valence-electron chi connectivity index (χ2n) is 2.73. The Hall–Kier alpha value is -1.35. The van der Waals surface area contributed by atoms with Crippen LogP contribution in [0.3, 0.4) is 0 Å². The Morgan fingerprint density at radius 3 is 3.15 bits per heavy atom. The monoisotopic (exact) mass is 189 g/mol. The van der Waals surface area contributed by atoms with Gasteiger partial charge in [-0.2, -0.15) is 0 Å². The summed E-state index contributed by atoms with van der Waals surface area (Å²) >= 11 is 0.585. The number of hydrogen-bond donors (Lipinski definition) is 0. The molecule has 0 spiro atoms. The fraction of sp³-hybridized carbons (Fsp3) is 0.100. The number of benzene rings is 1. The average molecular weight is 189 g/mol. The van der Waals surface area contributed by atoms with Crippen LogP contribution in [-0.4, -0.2) is 4.98 Å². The van der Waals surface area contributed by atoms with E-state index in [4.69, 9.17) is 0 Å². The molecular formula is C10H7NOS+. The molecule has 2 nitrogen and oxygen atoms in total. The number of hydrogen-bond acceptors (Lipinski definition) is 2. The number of aromatic nitrogens is 1. The Morgan fingerprint density at radius 1 is 1.38 bits per heavy atom. The Balaban J connectivity index is 2.55. The summed E-state index contributed by atoms with van der Waals surface area (Å²) in [4.78, 5) is 4.07. The molecule has 0 amide bonds. The quantitative estimate of drug-likeness (QED) is 0.676. The molecule has 2 rings (SSSR count). The molecule has 0 bridgehead atoms. The first kappa shape index (κ1) is 8.26. The van der Waals surface area contributed by atoms with Crippen molar-refractivity contribution in [2.75, 3.05) is 0 Å². The SMILES string of the molecule is O=[S+]Cc1ccc2n[c]ccc2c1. The first-order chi connectivity index (χ1) is 6.40. The van der Waals surface area contributed by atoms with Gasteiger partial charge in [0.05, 0.1) is 11.7 Å². The normalized spacial score (nSPS) is 10.2. The fourth-order valence-corrected chi connectivity index (χ4v) is 1.55. The molecule has 0 saturated heterocycles. The van der Waals surface area contributed by atoms with Crippen LogP contribution in [0, 0.1) is 6.20 Å². The zero-order valence-corrected chi connectivity index (χ0v) is 7.67. The van der Waals surface area contributed by atoms with Crippen molar-refractivity contribution in [3.8, 4) is 0 Å². The molecule has 13 heavy (non-hydrogen) atoms. The minimum atomic E-state index is 0.508. The minimum absolute atomic E-state index is 0.508. The van der Waals surface area contributed by atoms with E-state index in [1.807, 2.05) is 24.3 Å². The first-order valence-corrected chi connectivity index (χ1v) is 4.82. The highest BCUT2D eigenvalue weighted by Gasteiger charge is 2.02. The van der Waals surface area contributed by atoms with Crippen molar-refractivity contribution in [2.24, 2.45) is 0 Å². The first-order valence-electron chi connectivity index (χ1n) is 3.90. The van der Waals surface area contributed by atoms with Crippen molar-refractivity contribution >= 4 is 22.6 Å². The van der Waals surface area contributed by atoms with Crippen molar-refractivity contribution in [1.82, 2.24) is 4.98 Å². The highest BCUT2D eigenvalue weighted by Crippen LogP contribution is 2.13. The van der Waals surface area contributed by atoms with Gasteiger partial charge in [-0.25, -0.2) is 4.98 Å². The van der Waals surface area contributed by atoms with Gasteiger partial charge in [-0.15, -0.1) is 0 Å². The van der Waals surface area contributed by atoms with E-state index in [-0.39, 0.29) is 0 Å². The molecule has 0 aliphatic heterocycles. The van der Waals surface area contributed by atoms with Gasteiger partial charge in [0.15, 0.2) is 0 Å². The van der Waals surface area contributed by atoms with E-state index in [0.29, 0.717) is 17.4 Å². The van der Waals surface area contributed by atoms with Crippen LogP contribution in [0.4, 0.5) is 0 Å². The van der Waals surface area contributed by atoms with Crippen molar-refractivity contribution in [3.63, 3.8) is 0 Å². The van der Waals surface area contributed by atoms with E-state index in [1.165, 1.54) is 0 Å². The second kappa shape index (κ2) is 3.58. The summed E-state index contributed by atoms with van der Waals surface area (Å²) in [6.07, 6.45) is 2.77. The van der Waals surface area contributed by atoms with Crippen LogP contribution in [0.2, 0.25) is 0 Å². The van der Waals surface area contributed by atoms with Gasteiger partial charge >= 0.3 is 11.7 Å². The van der Waals surface area contributed by atoms with E-state index < -0.39 is 0 Å². The molecule has 1 heterocycles. The van der Waals surface area contributed by atoms with Gasteiger partial charge in [-0.1, -0.05) is 12.1 Å². The van der Waals surface area contributed by atoms with Gasteiger partial charge < -0.3 is 0 Å². The Bertz CT molecular complexity index is 442. The van der Waals surface area contributed by atoms with Crippen molar-refractivity contribution < 1.29 is 4.21 Å². The average Bonchev–Trinajstić information content (AvgIpc) is 2.18. The summed E-state index contributed by atoms with van der Waals surface area (Å²) in [5.74, 6) is 0.508. The van der Waals surface area contributed by atoms with Crippen molar-refractivity contribution in [3.05, 3.63) is 42.1 Å². The van der Waals surface area contributed by atoms with Gasteiger partial charge in [-0.3, -0.25) is 0 Å². The van der Waals surface area contributed by atoms with Crippen LogP contribution in [-0.2, 0) is 21.6 Å². The Kier molecular flexibility index (Phi) is 2.27. The molecule has 3 heteroatoms. The summed E-state index contributed by atoms with van der Waals surface area (Å²) in [5.41, 5.74) is 1.96. The third-order valence-electron chi connectivity index (χ3n) is 1.84. The van der Waals surface area contributed by atoms with Gasteiger partial charge in [-0.05, 0) is 18.2 Å². The standard InChI is InChI=1S/C10H7NOS/c12-13-7-8-3-4-10-9(6-8)2-1-5-11-10/h1-4,6H,7H2/q+1. The molecule has 63 valence electrons.